The minimum atomic E-state index is -3.40. The van der Waals surface area contributed by atoms with Gasteiger partial charge in [-0.2, -0.15) is 8.42 Å². The first-order valence-corrected chi connectivity index (χ1v) is 5.67. The van der Waals surface area contributed by atoms with Crippen LogP contribution < -0.4 is 0 Å². The Hall–Kier alpha value is 1.25. The van der Waals surface area contributed by atoms with Gasteiger partial charge in [-0.1, -0.05) is 19.9 Å². The van der Waals surface area contributed by atoms with Crippen LogP contribution >= 0.6 is 0 Å². The summed E-state index contributed by atoms with van der Waals surface area (Å²) in [6.45, 7) is 7.29. The summed E-state index contributed by atoms with van der Waals surface area (Å²) in [4.78, 5) is 3.97. The van der Waals surface area contributed by atoms with Gasteiger partial charge in [-0.15, -0.1) is 10.9 Å². The summed E-state index contributed by atoms with van der Waals surface area (Å²) in [5.41, 5.74) is 0. The van der Waals surface area contributed by atoms with Crippen LogP contribution in [-0.2, 0) is 19.3 Å². The van der Waals surface area contributed by atoms with Crippen LogP contribution in [0.5, 0.6) is 0 Å². The van der Waals surface area contributed by atoms with Crippen LogP contribution in [0, 0.1) is 0 Å². The van der Waals surface area contributed by atoms with Gasteiger partial charge in [0.05, 0.1) is 12.9 Å². The molecule has 4 nitrogen and oxygen atoms in total. The van der Waals surface area contributed by atoms with E-state index >= 15 is 0 Å². The summed E-state index contributed by atoms with van der Waals surface area (Å²) >= 11 is 0. The molecular formula is C8H18KO4S. The number of hydrogen-bond donors (Lipinski definition) is 0. The van der Waals surface area contributed by atoms with Crippen molar-refractivity contribution in [2.24, 2.45) is 0 Å². The van der Waals surface area contributed by atoms with Gasteiger partial charge in [0.15, 0.2) is 0 Å². The fourth-order valence-electron chi connectivity index (χ4n) is 0.388. The van der Waals surface area contributed by atoms with E-state index in [1.54, 1.807) is 6.92 Å². The Kier molecular flexibility index (Phi) is 21.0. The molecule has 0 aliphatic heterocycles. The van der Waals surface area contributed by atoms with E-state index in [4.69, 9.17) is 0 Å². The molecule has 0 unspecified atom stereocenters. The van der Waals surface area contributed by atoms with E-state index in [1.165, 1.54) is 0 Å². The van der Waals surface area contributed by atoms with E-state index in [0.717, 1.165) is 13.5 Å². The Balaban J connectivity index is -0.000000209. The van der Waals surface area contributed by atoms with Gasteiger partial charge in [-0.3, -0.25) is 0 Å². The molecule has 81 valence electrons. The van der Waals surface area contributed by atoms with Crippen molar-refractivity contribution in [1.29, 1.82) is 0 Å². The van der Waals surface area contributed by atoms with Crippen LogP contribution in [0.4, 0.5) is 0 Å². The third-order valence-electron chi connectivity index (χ3n) is 0.915. The van der Waals surface area contributed by atoms with E-state index in [0.29, 0.717) is 6.42 Å². The summed E-state index contributed by atoms with van der Waals surface area (Å²) in [6, 6.07) is 0. The topological polar surface area (TPSA) is 52.6 Å². The van der Waals surface area contributed by atoms with Crippen LogP contribution in [0.2, 0.25) is 0 Å². The van der Waals surface area contributed by atoms with Crippen molar-refractivity contribution >= 4 is 61.5 Å². The zero-order chi connectivity index (χ0) is 10.7. The second kappa shape index (κ2) is 14.2. The molecule has 0 aromatic carbocycles. The fourth-order valence-corrected chi connectivity index (χ4v) is 1.16. The predicted molar refractivity (Wildman–Crippen MR) is 58.4 cm³/mol. The Morgan fingerprint density at radius 1 is 1.36 bits per heavy atom. The summed E-state index contributed by atoms with van der Waals surface area (Å²) < 4.78 is 24.9. The van der Waals surface area contributed by atoms with Gasteiger partial charge < -0.3 is 0 Å². The molecule has 0 aromatic heterocycles. The molecule has 0 fully saturated rings. The Bertz CT molecular complexity index is 189. The molecule has 14 heavy (non-hydrogen) atoms. The van der Waals surface area contributed by atoms with Gasteiger partial charge in [-0.25, -0.2) is 4.89 Å². The number of rotatable bonds is 5. The van der Waals surface area contributed by atoms with Crippen molar-refractivity contribution in [2.75, 3.05) is 12.9 Å². The van der Waals surface area contributed by atoms with Crippen molar-refractivity contribution < 1.29 is 17.6 Å². The standard InChI is InChI=1S/C4H10O4S.C4H8.K/c1-3-4-9(5,6)8-7-2;1-3-4-2;/h3-4H2,1-2H3;3H,1,4H2,2H3;. The molecule has 0 N–H and O–H groups in total. The fraction of sp³-hybridized carbons (Fsp3) is 0.750. The average molecular weight is 249 g/mol. The molecule has 0 spiro atoms. The molecule has 0 heterocycles. The third kappa shape index (κ3) is 18.9. The average Bonchev–Trinajstić information content (AvgIpc) is 2.04. The third-order valence-corrected chi connectivity index (χ3v) is 2.17. The largest absolute Gasteiger partial charge is 0.293 e. The van der Waals surface area contributed by atoms with E-state index < -0.39 is 10.1 Å². The zero-order valence-electron chi connectivity index (χ0n) is 9.45. The molecule has 0 bridgehead atoms. The predicted octanol–water partition coefficient (Wildman–Crippen LogP) is 1.51. The van der Waals surface area contributed by atoms with Crippen LogP contribution in [-0.4, -0.2) is 72.7 Å². The van der Waals surface area contributed by atoms with Crippen molar-refractivity contribution in [3.63, 3.8) is 0 Å². The molecular weight excluding hydrogens is 231 g/mol. The van der Waals surface area contributed by atoms with Crippen LogP contribution in [0.25, 0.3) is 0 Å². The van der Waals surface area contributed by atoms with Gasteiger partial charge in [0.2, 0.25) is 0 Å². The molecule has 0 aliphatic rings. The summed E-state index contributed by atoms with van der Waals surface area (Å²) in [5.74, 6) is 0.000833. The Labute approximate surface area is 130 Å². The van der Waals surface area contributed by atoms with E-state index in [-0.39, 0.29) is 57.1 Å². The van der Waals surface area contributed by atoms with Crippen LogP contribution in [0.1, 0.15) is 26.7 Å². The maximum atomic E-state index is 10.5. The normalized spacial score (nSPS) is 9.36. The molecule has 0 amide bonds. The van der Waals surface area contributed by atoms with Crippen LogP contribution in [0.3, 0.4) is 0 Å². The van der Waals surface area contributed by atoms with Crippen LogP contribution in [0.15, 0.2) is 12.7 Å². The van der Waals surface area contributed by atoms with Crippen molar-refractivity contribution in [3.05, 3.63) is 12.7 Å². The first-order chi connectivity index (χ1) is 6.04. The van der Waals surface area contributed by atoms with Gasteiger partial charge in [0.25, 0.3) is 10.1 Å². The molecule has 1 radical (unpaired) electrons. The Morgan fingerprint density at radius 2 is 1.79 bits per heavy atom. The second-order valence-electron chi connectivity index (χ2n) is 2.19. The minimum absolute atomic E-state index is 0. The molecule has 0 aromatic rings. The smallest absolute Gasteiger partial charge is 0.223 e. The molecule has 0 saturated carbocycles. The summed E-state index contributed by atoms with van der Waals surface area (Å²) in [5, 5.41) is 0. The van der Waals surface area contributed by atoms with E-state index in [9.17, 15) is 8.42 Å². The number of hydrogen-bond acceptors (Lipinski definition) is 4. The van der Waals surface area contributed by atoms with Crippen molar-refractivity contribution in [3.8, 4) is 0 Å². The monoisotopic (exact) mass is 249 g/mol. The van der Waals surface area contributed by atoms with Gasteiger partial charge in [0, 0.05) is 51.4 Å². The molecule has 0 atom stereocenters. The van der Waals surface area contributed by atoms with Gasteiger partial charge in [0.1, 0.15) is 0 Å². The SMILES string of the molecule is C=CCC.CCCS(=O)(=O)OOC.[K]. The maximum Gasteiger partial charge on any atom is 0.293 e. The number of allylic oxidation sites excluding steroid dienone is 1. The second-order valence-corrected chi connectivity index (χ2v) is 3.85. The van der Waals surface area contributed by atoms with E-state index in [2.05, 4.69) is 22.7 Å². The molecule has 0 saturated heterocycles. The first-order valence-electron chi connectivity index (χ1n) is 4.09. The quantitative estimate of drug-likeness (QED) is 0.321. The summed E-state index contributed by atoms with van der Waals surface area (Å²) in [7, 11) is -2.24. The van der Waals surface area contributed by atoms with Crippen molar-refractivity contribution in [2.45, 2.75) is 26.7 Å². The zero-order valence-corrected chi connectivity index (χ0v) is 13.4. The first kappa shape index (κ1) is 20.6. The summed E-state index contributed by atoms with van der Waals surface area (Å²) in [6.07, 6.45) is 3.49. The minimum Gasteiger partial charge on any atom is -0.223 e. The van der Waals surface area contributed by atoms with Gasteiger partial charge >= 0.3 is 0 Å². The van der Waals surface area contributed by atoms with E-state index in [1.807, 2.05) is 6.08 Å². The Morgan fingerprint density at radius 3 is 2.00 bits per heavy atom. The molecule has 0 aliphatic carbocycles. The molecule has 0 rings (SSSR count). The molecule has 6 heteroatoms. The maximum absolute atomic E-state index is 10.5. The van der Waals surface area contributed by atoms with Crippen molar-refractivity contribution in [1.82, 2.24) is 0 Å². The van der Waals surface area contributed by atoms with Gasteiger partial charge in [-0.05, 0) is 12.8 Å².